The fraction of sp³-hybridized carbons (Fsp3) is 0.500. The maximum Gasteiger partial charge on any atom is 0.223 e. The minimum Gasteiger partial charge on any atom is -0.459 e. The van der Waals surface area contributed by atoms with E-state index in [0.29, 0.717) is 12.3 Å². The normalized spacial score (nSPS) is 12.8. The SMILES string of the molecule is CCCN(C(=O)CC(C)C)C(C)c1cc2ccccc2o1. The smallest absolute Gasteiger partial charge is 0.223 e. The average Bonchev–Trinajstić information content (AvgIpc) is 2.87. The zero-order chi connectivity index (χ0) is 15.4. The second-order valence-electron chi connectivity index (χ2n) is 6.05. The number of para-hydroxylation sites is 1. The molecule has 2 rings (SSSR count). The van der Waals surface area contributed by atoms with Gasteiger partial charge in [0.1, 0.15) is 11.3 Å². The van der Waals surface area contributed by atoms with E-state index in [1.165, 1.54) is 0 Å². The Hall–Kier alpha value is -1.77. The molecule has 0 aliphatic carbocycles. The predicted molar refractivity (Wildman–Crippen MR) is 86.1 cm³/mol. The number of amides is 1. The van der Waals surface area contributed by atoms with Crippen LogP contribution in [0.2, 0.25) is 0 Å². The molecular formula is C18H25NO2. The van der Waals surface area contributed by atoms with Crippen molar-refractivity contribution in [1.29, 1.82) is 0 Å². The van der Waals surface area contributed by atoms with Gasteiger partial charge < -0.3 is 9.32 Å². The summed E-state index contributed by atoms with van der Waals surface area (Å²) in [5, 5.41) is 1.09. The monoisotopic (exact) mass is 287 g/mol. The van der Waals surface area contributed by atoms with Crippen molar-refractivity contribution in [2.24, 2.45) is 5.92 Å². The summed E-state index contributed by atoms with van der Waals surface area (Å²) in [4.78, 5) is 14.4. The van der Waals surface area contributed by atoms with Crippen LogP contribution >= 0.6 is 0 Å². The maximum atomic E-state index is 12.5. The Labute approximate surface area is 126 Å². The third-order valence-corrected chi connectivity index (χ3v) is 3.69. The highest BCUT2D eigenvalue weighted by molar-refractivity contribution is 5.79. The molecule has 1 aromatic heterocycles. The number of rotatable bonds is 6. The number of hydrogen-bond donors (Lipinski definition) is 0. The summed E-state index contributed by atoms with van der Waals surface area (Å²) in [6, 6.07) is 9.99. The van der Waals surface area contributed by atoms with E-state index in [0.717, 1.165) is 29.7 Å². The number of furan rings is 1. The molecule has 3 heteroatoms. The Morgan fingerprint density at radius 3 is 2.57 bits per heavy atom. The first-order valence-electron chi connectivity index (χ1n) is 7.80. The van der Waals surface area contributed by atoms with E-state index < -0.39 is 0 Å². The van der Waals surface area contributed by atoms with Crippen LogP contribution in [-0.4, -0.2) is 17.4 Å². The first kappa shape index (κ1) is 15.6. The van der Waals surface area contributed by atoms with Gasteiger partial charge in [-0.05, 0) is 31.4 Å². The highest BCUT2D eigenvalue weighted by Crippen LogP contribution is 2.28. The van der Waals surface area contributed by atoms with Crippen LogP contribution in [0.4, 0.5) is 0 Å². The quantitative estimate of drug-likeness (QED) is 0.766. The lowest BCUT2D eigenvalue weighted by molar-refractivity contribution is -0.134. The Kier molecular flexibility index (Phi) is 5.05. The molecule has 2 aromatic rings. The lowest BCUT2D eigenvalue weighted by atomic mass is 10.1. The number of hydrogen-bond acceptors (Lipinski definition) is 2. The number of nitrogens with zero attached hydrogens (tertiary/aromatic N) is 1. The second-order valence-corrected chi connectivity index (χ2v) is 6.05. The molecule has 0 saturated heterocycles. The van der Waals surface area contributed by atoms with Crippen LogP contribution in [0.3, 0.4) is 0 Å². The van der Waals surface area contributed by atoms with E-state index in [1.807, 2.05) is 42.2 Å². The van der Waals surface area contributed by atoms with Crippen LogP contribution in [0.5, 0.6) is 0 Å². The summed E-state index contributed by atoms with van der Waals surface area (Å²) in [5.74, 6) is 1.45. The van der Waals surface area contributed by atoms with E-state index in [-0.39, 0.29) is 11.9 Å². The summed E-state index contributed by atoms with van der Waals surface area (Å²) in [5.41, 5.74) is 0.882. The van der Waals surface area contributed by atoms with Gasteiger partial charge in [0.15, 0.2) is 0 Å². The highest BCUT2D eigenvalue weighted by Gasteiger charge is 2.23. The summed E-state index contributed by atoms with van der Waals surface area (Å²) >= 11 is 0. The molecule has 0 spiro atoms. The first-order chi connectivity index (χ1) is 10.0. The van der Waals surface area contributed by atoms with Gasteiger partial charge >= 0.3 is 0 Å². The molecule has 114 valence electrons. The van der Waals surface area contributed by atoms with Gasteiger partial charge in [-0.3, -0.25) is 4.79 Å². The van der Waals surface area contributed by atoms with Gasteiger partial charge in [0.25, 0.3) is 0 Å². The van der Waals surface area contributed by atoms with Gasteiger partial charge in [0, 0.05) is 18.4 Å². The zero-order valence-corrected chi connectivity index (χ0v) is 13.4. The molecule has 0 aliphatic rings. The Balaban J connectivity index is 2.24. The van der Waals surface area contributed by atoms with Gasteiger partial charge in [-0.15, -0.1) is 0 Å². The van der Waals surface area contributed by atoms with Crippen molar-refractivity contribution < 1.29 is 9.21 Å². The van der Waals surface area contributed by atoms with Gasteiger partial charge in [0.05, 0.1) is 6.04 Å². The zero-order valence-electron chi connectivity index (χ0n) is 13.4. The van der Waals surface area contributed by atoms with Gasteiger partial charge in [-0.25, -0.2) is 0 Å². The van der Waals surface area contributed by atoms with Crippen molar-refractivity contribution in [3.63, 3.8) is 0 Å². The topological polar surface area (TPSA) is 33.5 Å². The molecule has 0 bridgehead atoms. The summed E-state index contributed by atoms with van der Waals surface area (Å²) in [6.07, 6.45) is 1.54. The van der Waals surface area contributed by atoms with Crippen molar-refractivity contribution in [1.82, 2.24) is 4.90 Å². The van der Waals surface area contributed by atoms with Crippen molar-refractivity contribution in [2.75, 3.05) is 6.54 Å². The predicted octanol–water partition coefficient (Wildman–Crippen LogP) is 4.78. The summed E-state index contributed by atoms with van der Waals surface area (Å²) < 4.78 is 5.92. The molecule has 1 atom stereocenters. The molecule has 1 heterocycles. The molecule has 0 fully saturated rings. The molecule has 1 aromatic carbocycles. The first-order valence-corrected chi connectivity index (χ1v) is 7.80. The lowest BCUT2D eigenvalue weighted by Crippen LogP contribution is -2.34. The van der Waals surface area contributed by atoms with Crippen LogP contribution in [-0.2, 0) is 4.79 Å². The van der Waals surface area contributed by atoms with Crippen molar-refractivity contribution >= 4 is 16.9 Å². The second kappa shape index (κ2) is 6.79. The number of benzene rings is 1. The standard InChI is InChI=1S/C18H25NO2/c1-5-10-19(18(20)11-13(2)3)14(4)17-12-15-8-6-7-9-16(15)21-17/h6-9,12-14H,5,10-11H2,1-4H3. The van der Waals surface area contributed by atoms with Crippen LogP contribution in [0.1, 0.15) is 52.3 Å². The van der Waals surface area contributed by atoms with Crippen molar-refractivity contribution in [3.8, 4) is 0 Å². The van der Waals surface area contributed by atoms with Gasteiger partial charge in [0.2, 0.25) is 5.91 Å². The van der Waals surface area contributed by atoms with Crippen molar-refractivity contribution in [2.45, 2.75) is 46.6 Å². The Bertz CT molecular complexity index is 567. The third-order valence-electron chi connectivity index (χ3n) is 3.69. The van der Waals surface area contributed by atoms with Crippen LogP contribution in [0, 0.1) is 5.92 Å². The summed E-state index contributed by atoms with van der Waals surface area (Å²) in [6.45, 7) is 9.07. The van der Waals surface area contributed by atoms with Crippen LogP contribution < -0.4 is 0 Å². The fourth-order valence-electron chi connectivity index (χ4n) is 2.60. The van der Waals surface area contributed by atoms with Crippen LogP contribution in [0.25, 0.3) is 11.0 Å². The van der Waals surface area contributed by atoms with E-state index in [4.69, 9.17) is 4.42 Å². The molecule has 1 amide bonds. The van der Waals surface area contributed by atoms with Gasteiger partial charge in [-0.2, -0.15) is 0 Å². The molecule has 0 saturated carbocycles. The molecule has 21 heavy (non-hydrogen) atoms. The third kappa shape index (κ3) is 3.66. The molecular weight excluding hydrogens is 262 g/mol. The largest absolute Gasteiger partial charge is 0.459 e. The molecule has 0 N–H and O–H groups in total. The number of carbonyl (C=O) groups excluding carboxylic acids is 1. The Morgan fingerprint density at radius 1 is 1.24 bits per heavy atom. The highest BCUT2D eigenvalue weighted by atomic mass is 16.3. The molecule has 0 aliphatic heterocycles. The minimum atomic E-state index is -0.0244. The molecule has 0 radical (unpaired) electrons. The average molecular weight is 287 g/mol. The number of fused-ring (bicyclic) bond motifs is 1. The molecule has 1 unspecified atom stereocenters. The lowest BCUT2D eigenvalue weighted by Gasteiger charge is -2.28. The van der Waals surface area contributed by atoms with E-state index >= 15 is 0 Å². The van der Waals surface area contributed by atoms with E-state index in [1.54, 1.807) is 0 Å². The number of carbonyl (C=O) groups is 1. The minimum absolute atomic E-state index is 0.0244. The maximum absolute atomic E-state index is 12.5. The summed E-state index contributed by atoms with van der Waals surface area (Å²) in [7, 11) is 0. The van der Waals surface area contributed by atoms with E-state index in [2.05, 4.69) is 20.8 Å². The van der Waals surface area contributed by atoms with E-state index in [9.17, 15) is 4.79 Å². The van der Waals surface area contributed by atoms with Gasteiger partial charge in [-0.1, -0.05) is 39.0 Å². The fourth-order valence-corrected chi connectivity index (χ4v) is 2.60. The Morgan fingerprint density at radius 2 is 1.95 bits per heavy atom. The van der Waals surface area contributed by atoms with Crippen molar-refractivity contribution in [3.05, 3.63) is 36.1 Å². The molecule has 3 nitrogen and oxygen atoms in total. The van der Waals surface area contributed by atoms with Crippen LogP contribution in [0.15, 0.2) is 34.7 Å².